The highest BCUT2D eigenvalue weighted by Gasteiger charge is 2.23. The maximum Gasteiger partial charge on any atom is 0.349 e. The van der Waals surface area contributed by atoms with Gasteiger partial charge in [-0.3, -0.25) is 4.79 Å². The number of carbonyl (C=O) groups is 1. The largest absolute Gasteiger partial charge is 0.422 e. The van der Waals surface area contributed by atoms with Crippen molar-refractivity contribution in [2.45, 2.75) is 13.8 Å². The highest BCUT2D eigenvalue weighted by atomic mass is 16.4. The molecule has 0 atom stereocenters. The van der Waals surface area contributed by atoms with E-state index in [9.17, 15) is 9.59 Å². The van der Waals surface area contributed by atoms with E-state index in [0.717, 1.165) is 48.4 Å². The molecule has 0 unspecified atom stereocenters. The molecule has 5 nitrogen and oxygen atoms in total. The van der Waals surface area contributed by atoms with Crippen molar-refractivity contribution in [3.8, 4) is 0 Å². The number of nitrogens with zero attached hydrogens (tertiary/aromatic N) is 2. The molecule has 1 aliphatic heterocycles. The van der Waals surface area contributed by atoms with Crippen molar-refractivity contribution < 1.29 is 9.21 Å². The molecule has 3 rings (SSSR count). The lowest BCUT2D eigenvalue weighted by Gasteiger charge is -2.35. The van der Waals surface area contributed by atoms with E-state index in [2.05, 4.69) is 16.8 Å². The third kappa shape index (κ3) is 2.41. The summed E-state index contributed by atoms with van der Waals surface area (Å²) in [4.78, 5) is 28.0. The van der Waals surface area contributed by atoms with Gasteiger partial charge in [-0.2, -0.15) is 0 Å². The van der Waals surface area contributed by atoms with Crippen molar-refractivity contribution in [3.05, 3.63) is 39.2 Å². The summed E-state index contributed by atoms with van der Waals surface area (Å²) in [5, 5.41) is 0.851. The summed E-state index contributed by atoms with van der Waals surface area (Å²) in [7, 11) is 2.07. The predicted octanol–water partition coefficient (Wildman–Crippen LogP) is 1.97. The van der Waals surface area contributed by atoms with Gasteiger partial charge in [0.05, 0.1) is 5.69 Å². The van der Waals surface area contributed by atoms with E-state index in [1.54, 1.807) is 0 Å². The van der Waals surface area contributed by atoms with Gasteiger partial charge in [0, 0.05) is 31.6 Å². The first kappa shape index (κ1) is 14.8. The Kier molecular flexibility index (Phi) is 3.74. The van der Waals surface area contributed by atoms with Gasteiger partial charge in [0.25, 0.3) is 0 Å². The Balaban J connectivity index is 2.29. The van der Waals surface area contributed by atoms with Crippen molar-refractivity contribution >= 4 is 22.9 Å². The molecule has 22 heavy (non-hydrogen) atoms. The molecular weight excluding hydrogens is 280 g/mol. The van der Waals surface area contributed by atoms with Crippen LogP contribution in [0.5, 0.6) is 0 Å². The molecular formula is C17H20N2O3. The van der Waals surface area contributed by atoms with Gasteiger partial charge in [-0.25, -0.2) is 4.79 Å². The second kappa shape index (κ2) is 5.57. The molecule has 2 aromatic rings. The van der Waals surface area contributed by atoms with Gasteiger partial charge in [0.1, 0.15) is 11.1 Å². The normalized spacial score (nSPS) is 16.2. The number of anilines is 1. The first-order valence-electron chi connectivity index (χ1n) is 7.48. The van der Waals surface area contributed by atoms with Gasteiger partial charge in [0.2, 0.25) is 0 Å². The van der Waals surface area contributed by atoms with Crippen molar-refractivity contribution in [1.29, 1.82) is 0 Å². The Bertz CT molecular complexity index is 787. The number of carbonyl (C=O) groups excluding carboxylic acids is 1. The van der Waals surface area contributed by atoms with Gasteiger partial charge < -0.3 is 14.2 Å². The van der Waals surface area contributed by atoms with Crippen molar-refractivity contribution in [2.24, 2.45) is 0 Å². The topological polar surface area (TPSA) is 53.8 Å². The van der Waals surface area contributed by atoms with E-state index >= 15 is 0 Å². The zero-order valence-electron chi connectivity index (χ0n) is 13.2. The molecule has 0 amide bonds. The lowest BCUT2D eigenvalue weighted by Crippen LogP contribution is -2.45. The predicted molar refractivity (Wildman–Crippen MR) is 87.1 cm³/mol. The number of rotatable bonds is 2. The summed E-state index contributed by atoms with van der Waals surface area (Å²) in [6.07, 6.45) is 0.622. The monoisotopic (exact) mass is 300 g/mol. The lowest BCUT2D eigenvalue weighted by molar-refractivity contribution is 0.112. The minimum absolute atomic E-state index is 0.127. The second-order valence-electron chi connectivity index (χ2n) is 6.02. The van der Waals surface area contributed by atoms with Crippen LogP contribution in [-0.2, 0) is 0 Å². The van der Waals surface area contributed by atoms with Crippen LogP contribution in [0, 0.1) is 13.8 Å². The van der Waals surface area contributed by atoms with Gasteiger partial charge in [0.15, 0.2) is 6.29 Å². The average Bonchev–Trinajstić information content (AvgIpc) is 2.48. The maximum absolute atomic E-state index is 12.2. The lowest BCUT2D eigenvalue weighted by atomic mass is 10.0. The summed E-state index contributed by atoms with van der Waals surface area (Å²) in [6, 6.07) is 3.98. The molecule has 0 aliphatic carbocycles. The number of aryl methyl sites for hydroxylation is 2. The number of piperazine rings is 1. The maximum atomic E-state index is 12.2. The fourth-order valence-corrected chi connectivity index (χ4v) is 3.13. The minimum atomic E-state index is -0.552. The number of benzene rings is 1. The Hall–Kier alpha value is -2.14. The SMILES string of the molecule is Cc1cc(C)c2oc(=O)c(C=O)c(N3CCN(C)CC3)c2c1. The Morgan fingerprint density at radius 2 is 1.82 bits per heavy atom. The third-order valence-electron chi connectivity index (χ3n) is 4.28. The summed E-state index contributed by atoms with van der Waals surface area (Å²) in [5.74, 6) is 0. The average molecular weight is 300 g/mol. The van der Waals surface area contributed by atoms with Crippen molar-refractivity contribution in [2.75, 3.05) is 38.1 Å². The highest BCUT2D eigenvalue weighted by Crippen LogP contribution is 2.31. The third-order valence-corrected chi connectivity index (χ3v) is 4.28. The molecule has 0 spiro atoms. The summed E-state index contributed by atoms with van der Waals surface area (Å²) in [5.41, 5.74) is 2.88. The smallest absolute Gasteiger partial charge is 0.349 e. The van der Waals surface area contributed by atoms with Crippen LogP contribution in [-0.4, -0.2) is 44.4 Å². The fourth-order valence-electron chi connectivity index (χ4n) is 3.13. The second-order valence-corrected chi connectivity index (χ2v) is 6.02. The minimum Gasteiger partial charge on any atom is -0.422 e. The van der Waals surface area contributed by atoms with Crippen LogP contribution in [0.25, 0.3) is 11.0 Å². The summed E-state index contributed by atoms with van der Waals surface area (Å²) < 4.78 is 5.40. The van der Waals surface area contributed by atoms with Gasteiger partial charge >= 0.3 is 5.63 Å². The number of hydrogen-bond acceptors (Lipinski definition) is 5. The number of hydrogen-bond donors (Lipinski definition) is 0. The molecule has 0 bridgehead atoms. The van der Waals surface area contributed by atoms with E-state index in [1.165, 1.54) is 0 Å². The quantitative estimate of drug-likeness (QED) is 0.627. The van der Waals surface area contributed by atoms with Crippen molar-refractivity contribution in [3.63, 3.8) is 0 Å². The van der Waals surface area contributed by atoms with E-state index in [0.29, 0.717) is 11.9 Å². The van der Waals surface area contributed by atoms with Crippen LogP contribution in [0.2, 0.25) is 0 Å². The molecule has 2 heterocycles. The summed E-state index contributed by atoms with van der Waals surface area (Å²) in [6.45, 7) is 7.33. The molecule has 0 N–H and O–H groups in total. The van der Waals surface area contributed by atoms with Crippen LogP contribution in [0.4, 0.5) is 5.69 Å². The van der Waals surface area contributed by atoms with E-state index < -0.39 is 5.63 Å². The molecule has 116 valence electrons. The number of fused-ring (bicyclic) bond motifs is 1. The Labute approximate surface area is 129 Å². The van der Waals surface area contributed by atoms with Crippen LogP contribution in [0.15, 0.2) is 21.3 Å². The van der Waals surface area contributed by atoms with Gasteiger partial charge in [-0.15, -0.1) is 0 Å². The molecule has 1 aromatic heterocycles. The van der Waals surface area contributed by atoms with E-state index in [1.807, 2.05) is 26.0 Å². The zero-order valence-corrected chi connectivity index (χ0v) is 13.2. The molecule has 0 radical (unpaired) electrons. The number of aldehydes is 1. The number of likely N-dealkylation sites (N-methyl/N-ethyl adjacent to an activating group) is 1. The van der Waals surface area contributed by atoms with Crippen molar-refractivity contribution in [1.82, 2.24) is 4.90 Å². The molecule has 1 fully saturated rings. The molecule has 0 saturated carbocycles. The molecule has 1 aromatic carbocycles. The summed E-state index contributed by atoms with van der Waals surface area (Å²) >= 11 is 0. The Morgan fingerprint density at radius 1 is 1.14 bits per heavy atom. The molecule has 5 heteroatoms. The first-order valence-corrected chi connectivity index (χ1v) is 7.48. The highest BCUT2D eigenvalue weighted by molar-refractivity contribution is 6.00. The fraction of sp³-hybridized carbons (Fsp3) is 0.412. The van der Waals surface area contributed by atoms with Crippen LogP contribution < -0.4 is 10.5 Å². The van der Waals surface area contributed by atoms with Crippen LogP contribution >= 0.6 is 0 Å². The Morgan fingerprint density at radius 3 is 2.45 bits per heavy atom. The standard InChI is InChI=1S/C17H20N2O3/c1-11-8-12(2)16-13(9-11)15(14(10-20)17(21)22-16)19-6-4-18(3)5-7-19/h8-10H,4-7H2,1-3H3. The van der Waals surface area contributed by atoms with Gasteiger partial charge in [-0.05, 0) is 38.1 Å². The molecule has 1 saturated heterocycles. The van der Waals surface area contributed by atoms with Crippen LogP contribution in [0.3, 0.4) is 0 Å². The molecule has 1 aliphatic rings. The van der Waals surface area contributed by atoms with Crippen LogP contribution in [0.1, 0.15) is 21.5 Å². The van der Waals surface area contributed by atoms with E-state index in [-0.39, 0.29) is 5.56 Å². The van der Waals surface area contributed by atoms with Gasteiger partial charge in [-0.1, -0.05) is 6.07 Å². The first-order chi connectivity index (χ1) is 10.5. The van der Waals surface area contributed by atoms with E-state index in [4.69, 9.17) is 4.42 Å². The zero-order chi connectivity index (χ0) is 15.9.